The fourth-order valence-electron chi connectivity index (χ4n) is 1.60. The molecule has 0 aromatic heterocycles. The van der Waals surface area contributed by atoms with Crippen molar-refractivity contribution < 1.29 is 13.2 Å². The molecule has 0 aliphatic rings. The van der Waals surface area contributed by atoms with Gasteiger partial charge in [-0.3, -0.25) is 0 Å². The Bertz CT molecular complexity index is 625. The lowest BCUT2D eigenvalue weighted by atomic mass is 10.1. The average molecular weight is 329 g/mol. The molecule has 0 spiro atoms. The van der Waals surface area contributed by atoms with E-state index >= 15 is 0 Å². The smallest absolute Gasteiger partial charge is 0.155 e. The minimum absolute atomic E-state index is 0.0292. The number of hydrogen-bond acceptors (Lipinski definition) is 3. The SMILES string of the molecule is Cc1cc(C#CCCCl)ccc1OCCS(=O)(=O)C(C)C. The zero-order valence-corrected chi connectivity index (χ0v) is 14.2. The highest BCUT2D eigenvalue weighted by atomic mass is 35.5. The van der Waals surface area contributed by atoms with Gasteiger partial charge in [0.1, 0.15) is 12.4 Å². The maximum atomic E-state index is 11.7. The number of aryl methyl sites for hydroxylation is 1. The van der Waals surface area contributed by atoms with Crippen molar-refractivity contribution in [2.45, 2.75) is 32.4 Å². The number of sulfone groups is 1. The van der Waals surface area contributed by atoms with Crippen molar-refractivity contribution in [3.8, 4) is 17.6 Å². The van der Waals surface area contributed by atoms with E-state index in [1.54, 1.807) is 13.8 Å². The molecule has 0 fully saturated rings. The minimum Gasteiger partial charge on any atom is -0.492 e. The predicted octanol–water partition coefficient (Wildman–Crippen LogP) is 3.18. The Morgan fingerprint density at radius 3 is 2.62 bits per heavy atom. The summed E-state index contributed by atoms with van der Waals surface area (Å²) in [6.45, 7) is 5.43. The van der Waals surface area contributed by atoms with Gasteiger partial charge >= 0.3 is 0 Å². The van der Waals surface area contributed by atoms with Crippen molar-refractivity contribution >= 4 is 21.4 Å². The third-order valence-corrected chi connectivity index (χ3v) is 5.33. The van der Waals surface area contributed by atoms with Crippen LogP contribution in [-0.2, 0) is 9.84 Å². The molecule has 1 rings (SSSR count). The van der Waals surface area contributed by atoms with Crippen LogP contribution in [0.4, 0.5) is 0 Å². The molecule has 0 aliphatic carbocycles. The predicted molar refractivity (Wildman–Crippen MR) is 87.8 cm³/mol. The van der Waals surface area contributed by atoms with Crippen LogP contribution in [0.15, 0.2) is 18.2 Å². The number of rotatable bonds is 6. The number of hydrogen-bond donors (Lipinski definition) is 0. The summed E-state index contributed by atoms with van der Waals surface area (Å²) < 4.78 is 28.9. The Morgan fingerprint density at radius 2 is 2.05 bits per heavy atom. The number of benzene rings is 1. The molecular weight excluding hydrogens is 308 g/mol. The molecule has 0 radical (unpaired) electrons. The summed E-state index contributed by atoms with van der Waals surface area (Å²) >= 11 is 5.57. The van der Waals surface area contributed by atoms with Crippen LogP contribution in [0.25, 0.3) is 0 Å². The second kappa shape index (κ2) is 8.31. The first-order chi connectivity index (χ1) is 9.86. The molecule has 0 heterocycles. The van der Waals surface area contributed by atoms with Crippen LogP contribution in [0.1, 0.15) is 31.4 Å². The van der Waals surface area contributed by atoms with E-state index in [-0.39, 0.29) is 17.6 Å². The molecule has 3 nitrogen and oxygen atoms in total. The second-order valence-corrected chi connectivity index (χ2v) is 8.04. The van der Waals surface area contributed by atoms with E-state index in [1.807, 2.05) is 25.1 Å². The highest BCUT2D eigenvalue weighted by Gasteiger charge is 2.16. The van der Waals surface area contributed by atoms with Crippen LogP contribution in [0, 0.1) is 18.8 Å². The highest BCUT2D eigenvalue weighted by molar-refractivity contribution is 7.91. The number of alkyl halides is 1. The zero-order valence-electron chi connectivity index (χ0n) is 12.6. The molecule has 5 heteroatoms. The van der Waals surface area contributed by atoms with E-state index in [9.17, 15) is 8.42 Å². The molecule has 0 atom stereocenters. The van der Waals surface area contributed by atoms with Gasteiger partial charge in [0.15, 0.2) is 9.84 Å². The van der Waals surface area contributed by atoms with E-state index in [4.69, 9.17) is 16.3 Å². The Balaban J connectivity index is 2.64. The summed E-state index contributed by atoms with van der Waals surface area (Å²) in [6.07, 6.45) is 0.659. The quantitative estimate of drug-likeness (QED) is 0.595. The van der Waals surface area contributed by atoms with Crippen LogP contribution in [0.5, 0.6) is 5.75 Å². The van der Waals surface area contributed by atoms with Crippen molar-refractivity contribution in [3.05, 3.63) is 29.3 Å². The van der Waals surface area contributed by atoms with Crippen molar-refractivity contribution in [3.63, 3.8) is 0 Å². The Morgan fingerprint density at radius 1 is 1.33 bits per heavy atom. The van der Waals surface area contributed by atoms with Gasteiger partial charge in [-0.25, -0.2) is 8.42 Å². The summed E-state index contributed by atoms with van der Waals surface area (Å²) in [5.41, 5.74) is 1.84. The van der Waals surface area contributed by atoms with Crippen molar-refractivity contribution in [1.82, 2.24) is 0 Å². The van der Waals surface area contributed by atoms with Crippen LogP contribution in [0.3, 0.4) is 0 Å². The first kappa shape index (κ1) is 17.9. The third kappa shape index (κ3) is 5.99. The van der Waals surface area contributed by atoms with Crippen LogP contribution in [0.2, 0.25) is 0 Å². The Hall–Kier alpha value is -1.18. The summed E-state index contributed by atoms with van der Waals surface area (Å²) in [6, 6.07) is 5.61. The lowest BCUT2D eigenvalue weighted by molar-refractivity contribution is 0.338. The molecule has 0 aliphatic heterocycles. The van der Waals surface area contributed by atoms with Gasteiger partial charge in [-0.1, -0.05) is 11.8 Å². The standard InChI is InChI=1S/C16H21ClO3S/c1-13(2)21(18,19)11-10-20-16-8-7-15(12-14(16)3)6-4-5-9-17/h7-8,12-13H,5,9-11H2,1-3H3. The van der Waals surface area contributed by atoms with Gasteiger partial charge in [0.25, 0.3) is 0 Å². The average Bonchev–Trinajstić information content (AvgIpc) is 2.41. The van der Waals surface area contributed by atoms with Gasteiger partial charge < -0.3 is 4.74 Å². The second-order valence-electron chi connectivity index (χ2n) is 4.99. The van der Waals surface area contributed by atoms with Gasteiger partial charge in [0.05, 0.1) is 11.0 Å². The fraction of sp³-hybridized carbons (Fsp3) is 0.500. The maximum Gasteiger partial charge on any atom is 0.155 e. The van der Waals surface area contributed by atoms with E-state index in [0.717, 1.165) is 11.1 Å². The molecule has 0 bridgehead atoms. The van der Waals surface area contributed by atoms with E-state index in [0.29, 0.717) is 18.1 Å². The molecule has 0 amide bonds. The van der Waals surface area contributed by atoms with Gasteiger partial charge in [-0.05, 0) is 44.5 Å². The molecule has 0 saturated heterocycles. The van der Waals surface area contributed by atoms with E-state index in [1.165, 1.54) is 0 Å². The van der Waals surface area contributed by atoms with Crippen molar-refractivity contribution in [2.24, 2.45) is 0 Å². The summed E-state index contributed by atoms with van der Waals surface area (Å²) in [5.74, 6) is 7.24. The minimum atomic E-state index is -3.06. The summed E-state index contributed by atoms with van der Waals surface area (Å²) in [5, 5.41) is -0.373. The number of halogens is 1. The normalized spacial score (nSPS) is 11.1. The topological polar surface area (TPSA) is 43.4 Å². The highest BCUT2D eigenvalue weighted by Crippen LogP contribution is 2.19. The lowest BCUT2D eigenvalue weighted by Crippen LogP contribution is -2.22. The molecule has 1 aromatic rings. The van der Waals surface area contributed by atoms with Gasteiger partial charge in [0, 0.05) is 17.9 Å². The van der Waals surface area contributed by atoms with E-state index in [2.05, 4.69) is 11.8 Å². The van der Waals surface area contributed by atoms with Crippen LogP contribution >= 0.6 is 11.6 Å². The van der Waals surface area contributed by atoms with Gasteiger partial charge in [-0.2, -0.15) is 0 Å². The van der Waals surface area contributed by atoms with Crippen molar-refractivity contribution in [2.75, 3.05) is 18.2 Å². The van der Waals surface area contributed by atoms with Gasteiger partial charge in [-0.15, -0.1) is 11.6 Å². The maximum absolute atomic E-state index is 11.7. The Kier molecular flexibility index (Phi) is 7.07. The first-order valence-electron chi connectivity index (χ1n) is 6.86. The van der Waals surface area contributed by atoms with Crippen molar-refractivity contribution in [1.29, 1.82) is 0 Å². The largest absolute Gasteiger partial charge is 0.492 e. The Labute approximate surface area is 132 Å². The molecule has 21 heavy (non-hydrogen) atoms. The molecule has 116 valence electrons. The molecule has 0 N–H and O–H groups in total. The fourth-order valence-corrected chi connectivity index (χ4v) is 2.49. The molecule has 0 unspecified atom stereocenters. The van der Waals surface area contributed by atoms with E-state index < -0.39 is 9.84 Å². The summed E-state index contributed by atoms with van der Waals surface area (Å²) in [7, 11) is -3.06. The molecular formula is C16H21ClO3S. The zero-order chi connectivity index (χ0) is 15.9. The molecule has 0 saturated carbocycles. The third-order valence-electron chi connectivity index (χ3n) is 2.97. The lowest BCUT2D eigenvalue weighted by Gasteiger charge is -2.11. The van der Waals surface area contributed by atoms with Gasteiger partial charge in [0.2, 0.25) is 0 Å². The summed E-state index contributed by atoms with van der Waals surface area (Å²) in [4.78, 5) is 0. The monoisotopic (exact) mass is 328 g/mol. The van der Waals surface area contributed by atoms with Crippen LogP contribution in [-0.4, -0.2) is 31.9 Å². The van der Waals surface area contributed by atoms with Crippen LogP contribution < -0.4 is 4.74 Å². The number of ether oxygens (including phenoxy) is 1. The first-order valence-corrected chi connectivity index (χ1v) is 9.11. The molecule has 1 aromatic carbocycles.